The minimum absolute atomic E-state index is 0. The van der Waals surface area contributed by atoms with Crippen molar-refractivity contribution in [2.24, 2.45) is 4.99 Å². The van der Waals surface area contributed by atoms with E-state index in [0.717, 1.165) is 24.6 Å². The van der Waals surface area contributed by atoms with Crippen LogP contribution in [0.1, 0.15) is 26.3 Å². The van der Waals surface area contributed by atoms with Crippen LogP contribution in [0.2, 0.25) is 0 Å². The van der Waals surface area contributed by atoms with E-state index in [0.29, 0.717) is 18.0 Å². The van der Waals surface area contributed by atoms with Gasteiger partial charge in [-0.3, -0.25) is 0 Å². The van der Waals surface area contributed by atoms with Crippen LogP contribution in [0.15, 0.2) is 23.2 Å². The number of ether oxygens (including phenoxy) is 2. The highest BCUT2D eigenvalue weighted by Gasteiger charge is 2.16. The highest BCUT2D eigenvalue weighted by Crippen LogP contribution is 2.28. The molecule has 0 atom stereocenters. The smallest absolute Gasteiger partial charge is 0.191 e. The molecule has 0 saturated heterocycles. The van der Waals surface area contributed by atoms with Gasteiger partial charge in [-0.2, -0.15) is 11.8 Å². The molecule has 0 fully saturated rings. The van der Waals surface area contributed by atoms with Crippen LogP contribution in [-0.4, -0.2) is 55.5 Å². The number of aliphatic hydroxyl groups excluding tert-OH is 1. The first-order chi connectivity index (χ1) is 12.0. The van der Waals surface area contributed by atoms with E-state index in [2.05, 4.69) is 35.7 Å². The second-order valence-corrected chi connectivity index (χ2v) is 7.58. The molecule has 150 valence electrons. The third kappa shape index (κ3) is 9.18. The summed E-state index contributed by atoms with van der Waals surface area (Å²) in [5, 5.41) is 15.5. The van der Waals surface area contributed by atoms with Gasteiger partial charge in [0.15, 0.2) is 17.5 Å². The summed E-state index contributed by atoms with van der Waals surface area (Å²) in [6.07, 6.45) is 2.11. The molecule has 0 heterocycles. The highest BCUT2D eigenvalue weighted by atomic mass is 127. The minimum atomic E-state index is -0.0285. The molecule has 0 radical (unpaired) electrons. The molecule has 0 aliphatic rings. The lowest BCUT2D eigenvalue weighted by Crippen LogP contribution is -2.43. The lowest BCUT2D eigenvalue weighted by molar-refractivity contribution is 0.196. The summed E-state index contributed by atoms with van der Waals surface area (Å²) in [7, 11) is 1.60. The van der Waals surface area contributed by atoms with Crippen molar-refractivity contribution in [1.82, 2.24) is 10.6 Å². The largest absolute Gasteiger partial charge is 0.493 e. The minimum Gasteiger partial charge on any atom is -0.493 e. The van der Waals surface area contributed by atoms with E-state index in [1.807, 2.05) is 36.9 Å². The fourth-order valence-electron chi connectivity index (χ4n) is 1.97. The number of rotatable bonds is 10. The number of nitrogens with zero attached hydrogens (tertiary/aromatic N) is 1. The summed E-state index contributed by atoms with van der Waals surface area (Å²) in [6.45, 7) is 8.83. The monoisotopic (exact) mass is 497 g/mol. The van der Waals surface area contributed by atoms with Crippen LogP contribution >= 0.6 is 35.7 Å². The summed E-state index contributed by atoms with van der Waals surface area (Å²) >= 11 is 1.82. The SMILES string of the molecule is CCNC(=NCc1ccc(OCCO)c(OC)c1)NCC(C)(C)SC.I. The molecule has 1 aromatic rings. The molecule has 0 amide bonds. The van der Waals surface area contributed by atoms with Gasteiger partial charge in [0.25, 0.3) is 0 Å². The molecule has 0 unspecified atom stereocenters. The van der Waals surface area contributed by atoms with Crippen molar-refractivity contribution in [3.05, 3.63) is 23.8 Å². The Labute approximate surface area is 178 Å². The molecule has 26 heavy (non-hydrogen) atoms. The number of hydrogen-bond acceptors (Lipinski definition) is 5. The van der Waals surface area contributed by atoms with Gasteiger partial charge in [-0.15, -0.1) is 24.0 Å². The van der Waals surface area contributed by atoms with Crippen molar-refractivity contribution >= 4 is 41.7 Å². The lowest BCUT2D eigenvalue weighted by Gasteiger charge is -2.23. The van der Waals surface area contributed by atoms with E-state index in [-0.39, 0.29) is 41.9 Å². The quantitative estimate of drug-likeness (QED) is 0.262. The van der Waals surface area contributed by atoms with Gasteiger partial charge in [-0.1, -0.05) is 6.07 Å². The van der Waals surface area contributed by atoms with E-state index in [1.54, 1.807) is 7.11 Å². The van der Waals surface area contributed by atoms with Crippen molar-refractivity contribution in [2.45, 2.75) is 32.1 Å². The standard InChI is InChI=1S/C18H31N3O3S.HI/c1-6-19-17(21-13-18(2,3)25-5)20-12-14-7-8-15(24-10-9-22)16(11-14)23-4;/h7-8,11,22H,6,9-10,12-13H2,1-5H3,(H2,19,20,21);1H. The second-order valence-electron chi connectivity index (χ2n) is 6.07. The molecule has 6 nitrogen and oxygen atoms in total. The summed E-state index contributed by atoms with van der Waals surface area (Å²) in [4.78, 5) is 4.64. The number of guanidine groups is 1. The number of methoxy groups -OCH3 is 1. The van der Waals surface area contributed by atoms with Crippen molar-refractivity contribution in [3.63, 3.8) is 0 Å². The van der Waals surface area contributed by atoms with Crippen LogP contribution in [-0.2, 0) is 6.54 Å². The van der Waals surface area contributed by atoms with E-state index >= 15 is 0 Å². The number of nitrogens with one attached hydrogen (secondary N) is 2. The zero-order chi connectivity index (χ0) is 18.7. The molecule has 0 spiro atoms. The van der Waals surface area contributed by atoms with E-state index < -0.39 is 0 Å². The van der Waals surface area contributed by atoms with Crippen LogP contribution in [0.25, 0.3) is 0 Å². The van der Waals surface area contributed by atoms with E-state index in [1.165, 1.54) is 0 Å². The van der Waals surface area contributed by atoms with Crippen LogP contribution in [0.4, 0.5) is 0 Å². The third-order valence-electron chi connectivity index (χ3n) is 3.57. The van der Waals surface area contributed by atoms with Gasteiger partial charge in [0.1, 0.15) is 6.61 Å². The molecule has 1 rings (SSSR count). The number of thioether (sulfide) groups is 1. The molecule has 0 aromatic heterocycles. The summed E-state index contributed by atoms with van der Waals surface area (Å²) in [5.41, 5.74) is 1.02. The first kappa shape index (κ1) is 25.1. The molecular weight excluding hydrogens is 465 g/mol. The Morgan fingerprint density at radius 2 is 2.00 bits per heavy atom. The van der Waals surface area contributed by atoms with Crippen LogP contribution in [0.5, 0.6) is 11.5 Å². The molecule has 8 heteroatoms. The van der Waals surface area contributed by atoms with E-state index in [4.69, 9.17) is 14.6 Å². The Morgan fingerprint density at radius 1 is 1.27 bits per heavy atom. The normalized spacial score (nSPS) is 11.5. The maximum atomic E-state index is 8.87. The Morgan fingerprint density at radius 3 is 2.58 bits per heavy atom. The second kappa shape index (κ2) is 13.3. The Kier molecular flexibility index (Phi) is 12.9. The average molecular weight is 497 g/mol. The Hall–Kier alpha value is -0.870. The van der Waals surface area contributed by atoms with Gasteiger partial charge in [0.05, 0.1) is 20.3 Å². The van der Waals surface area contributed by atoms with Gasteiger partial charge < -0.3 is 25.2 Å². The molecular formula is C18H32IN3O3S. The van der Waals surface area contributed by atoms with Crippen molar-refractivity contribution in [2.75, 3.05) is 39.7 Å². The summed E-state index contributed by atoms with van der Waals surface area (Å²) in [6, 6.07) is 5.70. The van der Waals surface area contributed by atoms with E-state index in [9.17, 15) is 0 Å². The maximum Gasteiger partial charge on any atom is 0.191 e. The number of hydrogen-bond donors (Lipinski definition) is 3. The number of aliphatic imine (C=N–C) groups is 1. The maximum absolute atomic E-state index is 8.87. The van der Waals surface area contributed by atoms with Gasteiger partial charge in [0, 0.05) is 17.8 Å². The highest BCUT2D eigenvalue weighted by molar-refractivity contribution is 14.0. The van der Waals surface area contributed by atoms with Crippen LogP contribution in [0, 0.1) is 0 Å². The third-order valence-corrected chi connectivity index (χ3v) is 4.82. The van der Waals surface area contributed by atoms with Crippen LogP contribution < -0.4 is 20.1 Å². The summed E-state index contributed by atoms with van der Waals surface area (Å²) < 4.78 is 10.9. The molecule has 0 saturated carbocycles. The zero-order valence-corrected chi connectivity index (χ0v) is 19.4. The predicted molar refractivity (Wildman–Crippen MR) is 121 cm³/mol. The van der Waals surface area contributed by atoms with Crippen LogP contribution in [0.3, 0.4) is 0 Å². The lowest BCUT2D eigenvalue weighted by atomic mass is 10.2. The Bertz CT molecular complexity index is 556. The zero-order valence-electron chi connectivity index (χ0n) is 16.3. The first-order valence-electron chi connectivity index (χ1n) is 8.43. The Balaban J connectivity index is 0.00000625. The molecule has 0 aliphatic heterocycles. The fraction of sp³-hybridized carbons (Fsp3) is 0.611. The molecule has 0 aliphatic carbocycles. The molecule has 3 N–H and O–H groups in total. The topological polar surface area (TPSA) is 75.1 Å². The van der Waals surface area contributed by atoms with Crippen molar-refractivity contribution < 1.29 is 14.6 Å². The number of halogens is 1. The van der Waals surface area contributed by atoms with Gasteiger partial charge in [-0.25, -0.2) is 4.99 Å². The predicted octanol–water partition coefficient (Wildman–Crippen LogP) is 2.88. The fourth-order valence-corrected chi connectivity index (χ4v) is 2.18. The van der Waals surface area contributed by atoms with Crippen molar-refractivity contribution in [1.29, 1.82) is 0 Å². The number of benzene rings is 1. The van der Waals surface area contributed by atoms with Crippen molar-refractivity contribution in [3.8, 4) is 11.5 Å². The summed E-state index contributed by atoms with van der Waals surface area (Å²) in [5.74, 6) is 2.06. The molecule has 0 bridgehead atoms. The van der Waals surface area contributed by atoms with Gasteiger partial charge in [-0.05, 0) is 44.7 Å². The van der Waals surface area contributed by atoms with Gasteiger partial charge in [0.2, 0.25) is 0 Å². The first-order valence-corrected chi connectivity index (χ1v) is 9.66. The average Bonchev–Trinajstić information content (AvgIpc) is 2.62. The van der Waals surface area contributed by atoms with Gasteiger partial charge >= 0.3 is 0 Å². The number of aliphatic hydroxyl groups is 1. The molecule has 1 aromatic carbocycles.